The van der Waals surface area contributed by atoms with Gasteiger partial charge in [-0.05, 0) is 76.6 Å². The first kappa shape index (κ1) is 42.8. The Kier molecular flexibility index (Phi) is 12.1. The van der Waals surface area contributed by atoms with Crippen LogP contribution in [0.1, 0.15) is 91.6 Å². The first-order valence-electron chi connectivity index (χ1n) is 21.1. The predicted molar refractivity (Wildman–Crippen MR) is 231 cm³/mol. The smallest absolute Gasteiger partial charge is 0.407 e. The number of ether oxygens (including phenoxy) is 2. The van der Waals surface area contributed by atoms with E-state index in [9.17, 15) is 28.0 Å². The predicted octanol–water partition coefficient (Wildman–Crippen LogP) is 8.00. The molecule has 4 amide bonds. The van der Waals surface area contributed by atoms with Crippen molar-refractivity contribution in [3.05, 3.63) is 119 Å². The highest BCUT2D eigenvalue weighted by Crippen LogP contribution is 2.42. The van der Waals surface area contributed by atoms with E-state index in [-0.39, 0.29) is 23.7 Å². The minimum Gasteiger partial charge on any atom is -0.453 e. The standard InChI is InChI=1S/C47H50F2N8O6/c1-27(2)39(54-45(60)62-3)43(58)57-26-47(48,49)23-38(57)42-51-24-35(52-42)29-14-12-28(13-15-29)31-16-17-33-22-34(19-18-32(33)21-31)36-25-50-41(53-36)37-11-8-20-56(37)44(59)40(55-46(61)63-4)30-9-6-5-7-10-30/h5-7,9-10,12-15,18-19,21-22,24-25,27,37-40H,8,11,16-17,20,23,26H2,1-4H3,(H,50,53)(H,51,52)(H,54,60)(H,55,61)/t37-,38?,39-,40+/m0/s1. The second-order valence-electron chi connectivity index (χ2n) is 16.6. The molecule has 16 heteroatoms. The van der Waals surface area contributed by atoms with Crippen molar-refractivity contribution in [2.75, 3.05) is 27.3 Å². The van der Waals surface area contributed by atoms with Gasteiger partial charge in [0.1, 0.15) is 23.7 Å². The van der Waals surface area contributed by atoms with Gasteiger partial charge in [-0.25, -0.2) is 28.3 Å². The lowest BCUT2D eigenvalue weighted by Crippen LogP contribution is -2.51. The number of carbonyl (C=O) groups is 4. The van der Waals surface area contributed by atoms with E-state index in [1.54, 1.807) is 31.1 Å². The number of benzene rings is 3. The average Bonchev–Trinajstić information content (AvgIpc) is 4.13. The molecule has 4 heterocycles. The quantitative estimate of drug-likeness (QED) is 0.103. The van der Waals surface area contributed by atoms with Gasteiger partial charge in [0.05, 0.1) is 56.6 Å². The maximum atomic E-state index is 14.8. The molecule has 4 N–H and O–H groups in total. The third-order valence-corrected chi connectivity index (χ3v) is 12.1. The molecule has 5 aromatic rings. The first-order chi connectivity index (χ1) is 30.3. The molecule has 328 valence electrons. The zero-order chi connectivity index (χ0) is 44.4. The van der Waals surface area contributed by atoms with E-state index in [1.807, 2.05) is 54.6 Å². The Labute approximate surface area is 363 Å². The molecule has 2 saturated heterocycles. The van der Waals surface area contributed by atoms with Crippen molar-refractivity contribution in [3.8, 4) is 22.5 Å². The molecule has 2 aliphatic heterocycles. The molecular weight excluding hydrogens is 811 g/mol. The first-order valence-corrected chi connectivity index (χ1v) is 21.1. The summed E-state index contributed by atoms with van der Waals surface area (Å²) >= 11 is 0. The Bertz CT molecular complexity index is 2520. The highest BCUT2D eigenvalue weighted by Gasteiger charge is 2.50. The van der Waals surface area contributed by atoms with Crippen LogP contribution in [-0.2, 0) is 25.5 Å². The number of nitrogens with one attached hydrogen (secondary N) is 4. The topological polar surface area (TPSA) is 175 Å². The maximum absolute atomic E-state index is 14.8. The van der Waals surface area contributed by atoms with Gasteiger partial charge in [0, 0.05) is 13.0 Å². The van der Waals surface area contributed by atoms with Crippen molar-refractivity contribution >= 4 is 35.6 Å². The van der Waals surface area contributed by atoms with E-state index in [4.69, 9.17) is 9.72 Å². The summed E-state index contributed by atoms with van der Waals surface area (Å²) in [5, 5.41) is 5.20. The van der Waals surface area contributed by atoms with E-state index >= 15 is 0 Å². The van der Waals surface area contributed by atoms with Crippen LogP contribution in [0.3, 0.4) is 0 Å². The summed E-state index contributed by atoms with van der Waals surface area (Å²) in [7, 11) is 2.45. The SMILES string of the molecule is COC(=O)N[C@H](C(=O)N1CC(F)(F)CC1c1ncc(-c2ccc(C3=Cc4ccc(-c5cnc([C@@H]6CCCN6C(=O)[C@H](NC(=O)OC)c6ccccc6)[nH]5)cc4CC3)cc2)[nH]1)C(C)C. The van der Waals surface area contributed by atoms with Crippen molar-refractivity contribution in [1.82, 2.24) is 40.4 Å². The molecule has 14 nitrogen and oxygen atoms in total. The summed E-state index contributed by atoms with van der Waals surface area (Å²) in [5.41, 5.74) is 8.51. The van der Waals surface area contributed by atoms with Crippen LogP contribution >= 0.6 is 0 Å². The van der Waals surface area contributed by atoms with Gasteiger partial charge < -0.3 is 39.9 Å². The summed E-state index contributed by atoms with van der Waals surface area (Å²) in [5.74, 6) is -3.40. The van der Waals surface area contributed by atoms with E-state index < -0.39 is 55.1 Å². The van der Waals surface area contributed by atoms with Crippen LogP contribution in [0.2, 0.25) is 0 Å². The Morgan fingerprint density at radius 3 is 2.10 bits per heavy atom. The lowest BCUT2D eigenvalue weighted by Gasteiger charge is -2.29. The molecule has 1 unspecified atom stereocenters. The fraction of sp³-hybridized carbons (Fsp3) is 0.362. The van der Waals surface area contributed by atoms with Crippen LogP contribution in [0.15, 0.2) is 85.2 Å². The number of halogens is 2. The molecule has 3 aromatic carbocycles. The molecular formula is C47H50F2N8O6. The monoisotopic (exact) mass is 860 g/mol. The van der Waals surface area contributed by atoms with Gasteiger partial charge in [-0.1, -0.05) is 86.7 Å². The van der Waals surface area contributed by atoms with Crippen LogP contribution in [0, 0.1) is 5.92 Å². The van der Waals surface area contributed by atoms with Crippen LogP contribution < -0.4 is 10.6 Å². The summed E-state index contributed by atoms with van der Waals surface area (Å²) in [6.45, 7) is 3.21. The maximum Gasteiger partial charge on any atom is 0.407 e. The van der Waals surface area contributed by atoms with Crippen LogP contribution in [0.25, 0.3) is 34.2 Å². The highest BCUT2D eigenvalue weighted by molar-refractivity contribution is 5.88. The Morgan fingerprint density at radius 1 is 0.778 bits per heavy atom. The van der Waals surface area contributed by atoms with Gasteiger partial charge in [0.25, 0.3) is 11.8 Å². The molecule has 0 spiro atoms. The normalized spacial score (nSPS) is 18.9. The number of nitrogens with zero attached hydrogens (tertiary/aromatic N) is 4. The number of methoxy groups -OCH3 is 2. The number of aryl methyl sites for hydroxylation is 1. The minimum absolute atomic E-state index is 0.225. The lowest BCUT2D eigenvalue weighted by atomic mass is 9.87. The molecule has 63 heavy (non-hydrogen) atoms. The van der Waals surface area contributed by atoms with Gasteiger partial charge in [-0.15, -0.1) is 0 Å². The fourth-order valence-corrected chi connectivity index (χ4v) is 8.82. The number of fused-ring (bicyclic) bond motifs is 1. The fourth-order valence-electron chi connectivity index (χ4n) is 8.82. The molecule has 4 atom stereocenters. The number of alkyl carbamates (subject to hydrolysis) is 2. The Morgan fingerprint density at radius 2 is 1.41 bits per heavy atom. The lowest BCUT2D eigenvalue weighted by molar-refractivity contribution is -0.137. The molecule has 0 bridgehead atoms. The van der Waals surface area contributed by atoms with Gasteiger partial charge in [-0.3, -0.25) is 9.59 Å². The van der Waals surface area contributed by atoms with E-state index in [1.165, 1.54) is 25.4 Å². The molecule has 0 radical (unpaired) electrons. The number of alkyl halides is 2. The number of aromatic nitrogens is 4. The molecule has 2 fully saturated rings. The highest BCUT2D eigenvalue weighted by atomic mass is 19.3. The van der Waals surface area contributed by atoms with Crippen LogP contribution in [0.5, 0.6) is 0 Å². The van der Waals surface area contributed by atoms with E-state index in [2.05, 4.69) is 54.6 Å². The number of H-pyrrole nitrogens is 2. The number of allylic oxidation sites excluding steroid dienone is 1. The zero-order valence-electron chi connectivity index (χ0n) is 35.5. The Balaban J connectivity index is 0.943. The number of carbonyl (C=O) groups excluding carboxylic acids is 4. The number of hydrogen-bond donors (Lipinski definition) is 4. The molecule has 8 rings (SSSR count). The molecule has 1 aliphatic carbocycles. The number of hydrogen-bond acceptors (Lipinski definition) is 8. The van der Waals surface area contributed by atoms with Crippen molar-refractivity contribution in [2.45, 2.75) is 76.0 Å². The number of imidazole rings is 2. The second kappa shape index (κ2) is 17.9. The minimum atomic E-state index is -3.13. The third-order valence-electron chi connectivity index (χ3n) is 12.1. The van der Waals surface area contributed by atoms with E-state index in [0.29, 0.717) is 23.6 Å². The number of likely N-dealkylation sites (tertiary alicyclic amines) is 2. The Hall–Kier alpha value is -6.84. The van der Waals surface area contributed by atoms with Crippen LogP contribution in [0.4, 0.5) is 18.4 Å². The summed E-state index contributed by atoms with van der Waals surface area (Å²) in [6.07, 6.45) is 6.69. The zero-order valence-corrected chi connectivity index (χ0v) is 35.5. The van der Waals surface area contributed by atoms with Crippen molar-refractivity contribution in [2.24, 2.45) is 5.92 Å². The van der Waals surface area contributed by atoms with Crippen LogP contribution in [-0.4, -0.2) is 93.0 Å². The summed E-state index contributed by atoms with van der Waals surface area (Å²) in [6, 6.07) is 20.2. The number of rotatable bonds is 11. The van der Waals surface area contributed by atoms with Gasteiger partial charge in [-0.2, -0.15) is 0 Å². The number of amides is 4. The summed E-state index contributed by atoms with van der Waals surface area (Å²) < 4.78 is 39.2. The van der Waals surface area contributed by atoms with Crippen molar-refractivity contribution in [1.29, 1.82) is 0 Å². The number of aromatic amines is 2. The van der Waals surface area contributed by atoms with Crippen molar-refractivity contribution < 1.29 is 37.4 Å². The average molecular weight is 861 g/mol. The largest absolute Gasteiger partial charge is 0.453 e. The summed E-state index contributed by atoms with van der Waals surface area (Å²) in [4.78, 5) is 70.4. The van der Waals surface area contributed by atoms with Crippen molar-refractivity contribution in [3.63, 3.8) is 0 Å². The van der Waals surface area contributed by atoms with Gasteiger partial charge in [0.15, 0.2) is 0 Å². The molecule has 0 saturated carbocycles. The molecule has 3 aliphatic rings. The third kappa shape index (κ3) is 9.06. The molecule has 2 aromatic heterocycles. The second-order valence-corrected chi connectivity index (χ2v) is 16.6. The van der Waals surface area contributed by atoms with E-state index in [0.717, 1.165) is 58.5 Å². The van der Waals surface area contributed by atoms with Gasteiger partial charge in [0.2, 0.25) is 5.91 Å². The van der Waals surface area contributed by atoms with Gasteiger partial charge >= 0.3 is 12.2 Å².